The summed E-state index contributed by atoms with van der Waals surface area (Å²) in [6.07, 6.45) is 1.79. The van der Waals surface area contributed by atoms with Crippen molar-refractivity contribution >= 4 is 5.91 Å². The molecule has 1 aliphatic rings. The molecule has 0 aliphatic carbocycles. The van der Waals surface area contributed by atoms with E-state index in [2.05, 4.69) is 10.3 Å². The van der Waals surface area contributed by atoms with Gasteiger partial charge in [-0.2, -0.15) is 0 Å². The predicted octanol–water partition coefficient (Wildman–Crippen LogP) is 0.672. The Morgan fingerprint density at radius 1 is 1.53 bits per heavy atom. The number of pyridine rings is 1. The van der Waals surface area contributed by atoms with E-state index in [4.69, 9.17) is 4.74 Å². The fourth-order valence-corrected chi connectivity index (χ4v) is 1.97. The number of rotatable bonds is 2. The number of aromatic amines is 1. The normalized spacial score (nSPS) is 24.3. The topological polar surface area (TPSA) is 71.2 Å². The lowest BCUT2D eigenvalue weighted by Crippen LogP contribution is -2.41. The zero-order valence-electron chi connectivity index (χ0n) is 9.73. The molecule has 1 saturated heterocycles. The van der Waals surface area contributed by atoms with Gasteiger partial charge < -0.3 is 15.0 Å². The smallest absolute Gasteiger partial charge is 0.268 e. The monoisotopic (exact) mass is 236 g/mol. The highest BCUT2D eigenvalue weighted by Crippen LogP contribution is 2.13. The molecule has 92 valence electrons. The van der Waals surface area contributed by atoms with Crippen molar-refractivity contribution in [1.82, 2.24) is 10.3 Å². The average Bonchev–Trinajstić information content (AvgIpc) is 2.29. The number of nitrogens with one attached hydrogen (secondary N) is 2. The lowest BCUT2D eigenvalue weighted by Gasteiger charge is -2.27. The van der Waals surface area contributed by atoms with Gasteiger partial charge in [0.05, 0.1) is 6.10 Å². The number of H-pyrrole nitrogens is 1. The summed E-state index contributed by atoms with van der Waals surface area (Å²) in [4.78, 5) is 25.4. The summed E-state index contributed by atoms with van der Waals surface area (Å²) in [7, 11) is 0. The van der Waals surface area contributed by atoms with Crippen molar-refractivity contribution in [3.05, 3.63) is 34.2 Å². The number of aromatic nitrogens is 1. The Morgan fingerprint density at radius 2 is 2.35 bits per heavy atom. The first-order valence-corrected chi connectivity index (χ1v) is 5.77. The fourth-order valence-electron chi connectivity index (χ4n) is 1.97. The Kier molecular flexibility index (Phi) is 3.58. The second kappa shape index (κ2) is 5.14. The van der Waals surface area contributed by atoms with Gasteiger partial charge in [0, 0.05) is 18.7 Å². The van der Waals surface area contributed by atoms with Gasteiger partial charge in [-0.25, -0.2) is 0 Å². The molecule has 2 heterocycles. The first-order chi connectivity index (χ1) is 8.15. The molecule has 2 rings (SSSR count). The van der Waals surface area contributed by atoms with E-state index in [9.17, 15) is 9.59 Å². The van der Waals surface area contributed by atoms with Gasteiger partial charge in [0.1, 0.15) is 5.69 Å². The Labute approximate surface area is 99.2 Å². The maximum atomic E-state index is 11.8. The molecule has 0 spiro atoms. The summed E-state index contributed by atoms with van der Waals surface area (Å²) in [6, 6.07) is 4.67. The molecule has 0 saturated carbocycles. The zero-order chi connectivity index (χ0) is 12.3. The number of hydrogen-bond donors (Lipinski definition) is 2. The third-order valence-corrected chi connectivity index (χ3v) is 2.83. The molecule has 5 heteroatoms. The molecule has 1 amide bonds. The highest BCUT2D eigenvalue weighted by molar-refractivity contribution is 5.92. The van der Waals surface area contributed by atoms with Gasteiger partial charge in [-0.1, -0.05) is 6.07 Å². The SMILES string of the molecule is CC1CC(NC(=O)c2cccc(=O)[nH]2)CCO1. The predicted molar refractivity (Wildman–Crippen MR) is 63.0 cm³/mol. The first kappa shape index (κ1) is 11.9. The molecule has 2 unspecified atom stereocenters. The molecule has 2 N–H and O–H groups in total. The van der Waals surface area contributed by atoms with Crippen molar-refractivity contribution in [3.8, 4) is 0 Å². The summed E-state index contributed by atoms with van der Waals surface area (Å²) >= 11 is 0. The summed E-state index contributed by atoms with van der Waals surface area (Å²) in [6.45, 7) is 2.65. The van der Waals surface area contributed by atoms with Crippen molar-refractivity contribution in [2.75, 3.05) is 6.61 Å². The van der Waals surface area contributed by atoms with Gasteiger partial charge in [0.15, 0.2) is 0 Å². The van der Waals surface area contributed by atoms with Gasteiger partial charge >= 0.3 is 0 Å². The third-order valence-electron chi connectivity index (χ3n) is 2.83. The lowest BCUT2D eigenvalue weighted by atomic mass is 10.0. The van der Waals surface area contributed by atoms with E-state index in [1.165, 1.54) is 6.07 Å². The van der Waals surface area contributed by atoms with Crippen LogP contribution < -0.4 is 10.9 Å². The van der Waals surface area contributed by atoms with Gasteiger partial charge in [-0.15, -0.1) is 0 Å². The molecular formula is C12H16N2O3. The molecule has 5 nitrogen and oxygen atoms in total. The number of carbonyl (C=O) groups excluding carboxylic acids is 1. The maximum absolute atomic E-state index is 11.8. The highest BCUT2D eigenvalue weighted by Gasteiger charge is 2.21. The Balaban J connectivity index is 1.99. The van der Waals surface area contributed by atoms with Crippen LogP contribution in [0.2, 0.25) is 0 Å². The molecule has 2 atom stereocenters. The van der Waals surface area contributed by atoms with Crippen LogP contribution in [0.15, 0.2) is 23.0 Å². The van der Waals surface area contributed by atoms with Crippen molar-refractivity contribution in [1.29, 1.82) is 0 Å². The fraction of sp³-hybridized carbons (Fsp3) is 0.500. The molecule has 1 aromatic heterocycles. The first-order valence-electron chi connectivity index (χ1n) is 5.77. The van der Waals surface area contributed by atoms with Gasteiger partial charge in [-0.05, 0) is 25.8 Å². The summed E-state index contributed by atoms with van der Waals surface area (Å²) in [5.41, 5.74) is 0.0367. The molecule has 1 fully saturated rings. The largest absolute Gasteiger partial charge is 0.378 e. The van der Waals surface area contributed by atoms with Crippen LogP contribution in [0.4, 0.5) is 0 Å². The number of hydrogen-bond acceptors (Lipinski definition) is 3. The van der Waals surface area contributed by atoms with Crippen molar-refractivity contribution in [2.45, 2.75) is 31.9 Å². The van der Waals surface area contributed by atoms with Crippen LogP contribution in [0, 0.1) is 0 Å². The van der Waals surface area contributed by atoms with Crippen LogP contribution in [-0.4, -0.2) is 29.6 Å². The minimum Gasteiger partial charge on any atom is -0.378 e. The second-order valence-corrected chi connectivity index (χ2v) is 4.30. The van der Waals surface area contributed by atoms with Gasteiger partial charge in [0.25, 0.3) is 5.91 Å². The van der Waals surface area contributed by atoms with E-state index < -0.39 is 0 Å². The number of carbonyl (C=O) groups is 1. The van der Waals surface area contributed by atoms with E-state index in [0.29, 0.717) is 12.3 Å². The van der Waals surface area contributed by atoms with Crippen molar-refractivity contribution < 1.29 is 9.53 Å². The van der Waals surface area contributed by atoms with Crippen LogP contribution >= 0.6 is 0 Å². The van der Waals surface area contributed by atoms with Crippen LogP contribution in [0.3, 0.4) is 0 Å². The molecule has 0 aromatic carbocycles. The zero-order valence-corrected chi connectivity index (χ0v) is 9.73. The average molecular weight is 236 g/mol. The quantitative estimate of drug-likeness (QED) is 0.793. The van der Waals surface area contributed by atoms with Crippen LogP contribution in [-0.2, 0) is 4.74 Å². The van der Waals surface area contributed by atoms with Crippen molar-refractivity contribution in [3.63, 3.8) is 0 Å². The van der Waals surface area contributed by atoms with Crippen LogP contribution in [0.1, 0.15) is 30.3 Å². The Hall–Kier alpha value is -1.62. The standard InChI is InChI=1S/C12H16N2O3/c1-8-7-9(5-6-17-8)13-12(16)10-3-2-4-11(15)14-10/h2-4,8-9H,5-7H2,1H3,(H,13,16)(H,14,15). The van der Waals surface area contributed by atoms with E-state index in [0.717, 1.165) is 12.8 Å². The van der Waals surface area contributed by atoms with Gasteiger partial charge in [0.2, 0.25) is 5.56 Å². The van der Waals surface area contributed by atoms with Crippen molar-refractivity contribution in [2.24, 2.45) is 0 Å². The highest BCUT2D eigenvalue weighted by atomic mass is 16.5. The van der Waals surface area contributed by atoms with Crippen LogP contribution in [0.5, 0.6) is 0 Å². The molecule has 0 radical (unpaired) electrons. The molecule has 1 aliphatic heterocycles. The van der Waals surface area contributed by atoms with E-state index in [-0.39, 0.29) is 23.6 Å². The molecule has 1 aromatic rings. The number of amides is 1. The maximum Gasteiger partial charge on any atom is 0.268 e. The Bertz CT molecular complexity index is 455. The Morgan fingerprint density at radius 3 is 3.06 bits per heavy atom. The van der Waals surface area contributed by atoms with E-state index in [1.807, 2.05) is 6.92 Å². The molecule has 0 bridgehead atoms. The minimum atomic E-state index is -0.266. The van der Waals surface area contributed by atoms with E-state index in [1.54, 1.807) is 12.1 Å². The van der Waals surface area contributed by atoms with E-state index >= 15 is 0 Å². The summed E-state index contributed by atoms with van der Waals surface area (Å²) in [5.74, 6) is -0.234. The minimum absolute atomic E-state index is 0.120. The van der Waals surface area contributed by atoms with Gasteiger partial charge in [-0.3, -0.25) is 9.59 Å². The summed E-state index contributed by atoms with van der Waals surface area (Å²) < 4.78 is 5.41. The summed E-state index contributed by atoms with van der Waals surface area (Å²) in [5, 5.41) is 2.90. The third kappa shape index (κ3) is 3.17. The second-order valence-electron chi connectivity index (χ2n) is 4.30. The lowest BCUT2D eigenvalue weighted by molar-refractivity contribution is 0.0136. The number of ether oxygens (including phenoxy) is 1. The molecular weight excluding hydrogens is 220 g/mol. The molecule has 17 heavy (non-hydrogen) atoms. The van der Waals surface area contributed by atoms with Crippen LogP contribution in [0.25, 0.3) is 0 Å².